The number of ether oxygens (including phenoxy) is 1. The second kappa shape index (κ2) is 5.15. The monoisotopic (exact) mass is 233 g/mol. The topological polar surface area (TPSA) is 35.2 Å². The van der Waals surface area contributed by atoms with E-state index in [-0.39, 0.29) is 6.04 Å². The Hall–Kier alpha value is -1.61. The fraction of sp³-hybridized carbons (Fsp3) is 0.286. The largest absolute Gasteiger partial charge is 0.496 e. The summed E-state index contributed by atoms with van der Waals surface area (Å²) in [5.41, 5.74) is 6.95. The Labute approximate surface area is 100 Å². The van der Waals surface area contributed by atoms with Gasteiger partial charge in [-0.25, -0.2) is 0 Å². The number of halogens is 1. The summed E-state index contributed by atoms with van der Waals surface area (Å²) in [6, 6.07) is 11.4. The second-order valence-corrected chi connectivity index (χ2v) is 3.99. The lowest BCUT2D eigenvalue weighted by atomic mass is 9.97. The lowest BCUT2D eigenvalue weighted by Gasteiger charge is -2.15. The average molecular weight is 233 g/mol. The molecule has 0 saturated carbocycles. The van der Waals surface area contributed by atoms with Crippen LogP contribution in [0.2, 0.25) is 0 Å². The van der Waals surface area contributed by atoms with Crippen molar-refractivity contribution < 1.29 is 9.13 Å². The maximum absolute atomic E-state index is 12.4. The van der Waals surface area contributed by atoms with Crippen molar-refractivity contribution in [2.45, 2.75) is 12.5 Å². The first kappa shape index (κ1) is 11.9. The van der Waals surface area contributed by atoms with Crippen LogP contribution in [-0.4, -0.2) is 13.8 Å². The Kier molecular flexibility index (Phi) is 3.59. The Morgan fingerprint density at radius 1 is 1.18 bits per heavy atom. The van der Waals surface area contributed by atoms with Gasteiger partial charge in [-0.15, -0.1) is 0 Å². The highest BCUT2D eigenvalue weighted by Gasteiger charge is 2.11. The zero-order chi connectivity index (χ0) is 12.3. The third kappa shape index (κ3) is 2.24. The second-order valence-electron chi connectivity index (χ2n) is 3.99. The molecule has 2 aromatic rings. The molecule has 1 atom stereocenters. The smallest absolute Gasteiger partial charge is 0.126 e. The lowest BCUT2D eigenvalue weighted by Crippen LogP contribution is -2.11. The van der Waals surface area contributed by atoms with Gasteiger partial charge >= 0.3 is 0 Å². The highest BCUT2D eigenvalue weighted by atomic mass is 19.1. The molecule has 0 unspecified atom stereocenters. The first-order chi connectivity index (χ1) is 8.27. The number of benzene rings is 2. The summed E-state index contributed by atoms with van der Waals surface area (Å²) in [4.78, 5) is 0. The Morgan fingerprint density at radius 2 is 1.88 bits per heavy atom. The molecular formula is C14H16FNO. The molecular weight excluding hydrogens is 217 g/mol. The summed E-state index contributed by atoms with van der Waals surface area (Å²) in [7, 11) is 1.64. The molecule has 2 nitrogen and oxygen atoms in total. The van der Waals surface area contributed by atoms with Gasteiger partial charge in [0.15, 0.2) is 0 Å². The number of alkyl halides is 1. The summed E-state index contributed by atoms with van der Waals surface area (Å²) in [5.74, 6) is 0.816. The maximum Gasteiger partial charge on any atom is 0.126 e. The SMILES string of the molecule is COc1ccc([C@@H](N)CCF)c2ccccc12. The summed E-state index contributed by atoms with van der Waals surface area (Å²) in [6.07, 6.45) is 0.344. The minimum atomic E-state index is -0.401. The Morgan fingerprint density at radius 3 is 2.53 bits per heavy atom. The van der Waals surface area contributed by atoms with Crippen LogP contribution in [0.1, 0.15) is 18.0 Å². The summed E-state index contributed by atoms with van der Waals surface area (Å²) in [6.45, 7) is -0.401. The third-order valence-corrected chi connectivity index (χ3v) is 2.96. The minimum absolute atomic E-state index is 0.268. The molecule has 0 aromatic heterocycles. The van der Waals surface area contributed by atoms with E-state index >= 15 is 0 Å². The van der Waals surface area contributed by atoms with E-state index in [0.717, 1.165) is 22.1 Å². The first-order valence-corrected chi connectivity index (χ1v) is 5.65. The highest BCUT2D eigenvalue weighted by Crippen LogP contribution is 2.31. The van der Waals surface area contributed by atoms with Crippen LogP contribution in [0.5, 0.6) is 5.75 Å². The van der Waals surface area contributed by atoms with Gasteiger partial charge in [-0.2, -0.15) is 0 Å². The molecule has 0 saturated heterocycles. The molecule has 0 bridgehead atoms. The van der Waals surface area contributed by atoms with Gasteiger partial charge in [0.25, 0.3) is 0 Å². The van der Waals surface area contributed by atoms with Gasteiger partial charge in [0, 0.05) is 11.4 Å². The van der Waals surface area contributed by atoms with Crippen LogP contribution in [0, 0.1) is 0 Å². The minimum Gasteiger partial charge on any atom is -0.496 e. The molecule has 0 spiro atoms. The van der Waals surface area contributed by atoms with E-state index in [4.69, 9.17) is 10.5 Å². The van der Waals surface area contributed by atoms with Crippen molar-refractivity contribution in [3.05, 3.63) is 42.0 Å². The zero-order valence-electron chi connectivity index (χ0n) is 9.82. The van der Waals surface area contributed by atoms with E-state index in [9.17, 15) is 4.39 Å². The zero-order valence-corrected chi connectivity index (χ0v) is 9.82. The standard InChI is InChI=1S/C14H16FNO/c1-17-14-7-6-11(13(16)8-9-15)10-4-2-3-5-12(10)14/h2-7,13H,8-9,16H2,1H3/t13-/m0/s1. The normalized spacial score (nSPS) is 12.6. The Bertz CT molecular complexity index is 513. The summed E-state index contributed by atoms with van der Waals surface area (Å²) in [5, 5.41) is 2.05. The van der Waals surface area contributed by atoms with Crippen molar-refractivity contribution in [3.63, 3.8) is 0 Å². The molecule has 2 rings (SSSR count). The van der Waals surface area contributed by atoms with Crippen molar-refractivity contribution in [1.82, 2.24) is 0 Å². The molecule has 2 N–H and O–H groups in total. The van der Waals surface area contributed by atoms with E-state index in [0.29, 0.717) is 6.42 Å². The molecule has 17 heavy (non-hydrogen) atoms. The van der Waals surface area contributed by atoms with Crippen LogP contribution in [0.25, 0.3) is 10.8 Å². The molecule has 0 aliphatic carbocycles. The highest BCUT2D eigenvalue weighted by molar-refractivity contribution is 5.91. The molecule has 0 fully saturated rings. The van der Waals surface area contributed by atoms with Crippen molar-refractivity contribution in [2.24, 2.45) is 5.73 Å². The lowest BCUT2D eigenvalue weighted by molar-refractivity contribution is 0.419. The van der Waals surface area contributed by atoms with Crippen molar-refractivity contribution >= 4 is 10.8 Å². The van der Waals surface area contributed by atoms with Crippen LogP contribution in [0.4, 0.5) is 4.39 Å². The van der Waals surface area contributed by atoms with Crippen LogP contribution in [-0.2, 0) is 0 Å². The van der Waals surface area contributed by atoms with Crippen LogP contribution in [0.3, 0.4) is 0 Å². The predicted molar refractivity (Wildman–Crippen MR) is 68.0 cm³/mol. The van der Waals surface area contributed by atoms with Gasteiger partial charge in [0.2, 0.25) is 0 Å². The molecule has 0 heterocycles. The quantitative estimate of drug-likeness (QED) is 0.880. The number of hydrogen-bond donors (Lipinski definition) is 1. The first-order valence-electron chi connectivity index (χ1n) is 5.65. The maximum atomic E-state index is 12.4. The molecule has 3 heteroatoms. The average Bonchev–Trinajstić information content (AvgIpc) is 2.37. The van der Waals surface area contributed by atoms with E-state index in [2.05, 4.69) is 0 Å². The number of hydrogen-bond acceptors (Lipinski definition) is 2. The summed E-state index contributed by atoms with van der Waals surface area (Å²) >= 11 is 0. The van der Waals surface area contributed by atoms with Gasteiger partial charge in [0.05, 0.1) is 13.8 Å². The van der Waals surface area contributed by atoms with Crippen molar-refractivity contribution in [1.29, 1.82) is 0 Å². The molecule has 2 aromatic carbocycles. The van der Waals surface area contributed by atoms with Crippen LogP contribution < -0.4 is 10.5 Å². The summed E-state index contributed by atoms with van der Waals surface area (Å²) < 4.78 is 17.7. The Balaban J connectivity index is 2.58. The number of fused-ring (bicyclic) bond motifs is 1. The van der Waals surface area contributed by atoms with E-state index in [1.54, 1.807) is 7.11 Å². The molecule has 0 aliphatic rings. The number of nitrogens with two attached hydrogens (primary N) is 1. The fourth-order valence-electron chi connectivity index (χ4n) is 2.07. The molecule has 0 radical (unpaired) electrons. The molecule has 0 aliphatic heterocycles. The van der Waals surface area contributed by atoms with Crippen molar-refractivity contribution in [3.8, 4) is 5.75 Å². The number of rotatable bonds is 4. The van der Waals surface area contributed by atoms with Crippen LogP contribution in [0.15, 0.2) is 36.4 Å². The van der Waals surface area contributed by atoms with Gasteiger partial charge in [-0.1, -0.05) is 30.3 Å². The van der Waals surface area contributed by atoms with Gasteiger partial charge in [-0.3, -0.25) is 4.39 Å². The van der Waals surface area contributed by atoms with Gasteiger partial charge < -0.3 is 10.5 Å². The van der Waals surface area contributed by atoms with Crippen LogP contribution >= 0.6 is 0 Å². The predicted octanol–water partition coefficient (Wildman–Crippen LogP) is 3.21. The van der Waals surface area contributed by atoms with Crippen molar-refractivity contribution in [2.75, 3.05) is 13.8 Å². The van der Waals surface area contributed by atoms with Gasteiger partial charge in [-0.05, 0) is 23.4 Å². The van der Waals surface area contributed by atoms with E-state index in [1.807, 2.05) is 36.4 Å². The molecule has 0 amide bonds. The van der Waals surface area contributed by atoms with E-state index < -0.39 is 6.67 Å². The third-order valence-electron chi connectivity index (χ3n) is 2.96. The fourth-order valence-corrected chi connectivity index (χ4v) is 2.07. The van der Waals surface area contributed by atoms with Gasteiger partial charge in [0.1, 0.15) is 5.75 Å². The number of methoxy groups -OCH3 is 1. The molecule has 90 valence electrons. The van der Waals surface area contributed by atoms with E-state index in [1.165, 1.54) is 0 Å².